The molecular formula is C24H27NO2. The van der Waals surface area contributed by atoms with Crippen LogP contribution in [0, 0.1) is 0 Å². The molecule has 0 radical (unpaired) electrons. The fourth-order valence-corrected chi connectivity index (χ4v) is 3.52. The van der Waals surface area contributed by atoms with Gasteiger partial charge in [0.1, 0.15) is 11.4 Å². The van der Waals surface area contributed by atoms with Gasteiger partial charge in [-0.25, -0.2) is 0 Å². The standard InChI is InChI=1S/C24H27NO2/c1-3-25-23(19-14-16-22(27-2)17-15-19)18-24(26,20-10-6-4-7-11-20)21-12-8-5-9-13-21/h4-17,23,25-26H,3,18H2,1-2H3. The van der Waals surface area contributed by atoms with Crippen molar-refractivity contribution in [2.75, 3.05) is 13.7 Å². The predicted octanol–water partition coefficient (Wildman–Crippen LogP) is 4.67. The number of rotatable bonds is 8. The summed E-state index contributed by atoms with van der Waals surface area (Å²) < 4.78 is 5.28. The van der Waals surface area contributed by atoms with Crippen molar-refractivity contribution in [3.8, 4) is 5.75 Å². The quantitative estimate of drug-likeness (QED) is 0.612. The van der Waals surface area contributed by atoms with Gasteiger partial charge in [0.2, 0.25) is 0 Å². The van der Waals surface area contributed by atoms with Crippen molar-refractivity contribution in [1.29, 1.82) is 0 Å². The molecule has 1 unspecified atom stereocenters. The number of nitrogens with one attached hydrogen (secondary N) is 1. The maximum Gasteiger partial charge on any atom is 0.118 e. The summed E-state index contributed by atoms with van der Waals surface area (Å²) in [6.45, 7) is 2.90. The Morgan fingerprint density at radius 1 is 0.852 bits per heavy atom. The first kappa shape index (κ1) is 19.2. The van der Waals surface area contributed by atoms with Crippen LogP contribution in [-0.2, 0) is 5.60 Å². The third-order valence-electron chi connectivity index (χ3n) is 4.97. The van der Waals surface area contributed by atoms with E-state index in [0.717, 1.165) is 29.0 Å². The maximum absolute atomic E-state index is 11.8. The lowest BCUT2D eigenvalue weighted by Crippen LogP contribution is -2.34. The van der Waals surface area contributed by atoms with Gasteiger partial charge in [0.25, 0.3) is 0 Å². The number of hydrogen-bond donors (Lipinski definition) is 2. The number of benzene rings is 3. The molecule has 3 aromatic carbocycles. The van der Waals surface area contributed by atoms with Gasteiger partial charge < -0.3 is 15.2 Å². The fourth-order valence-electron chi connectivity index (χ4n) is 3.52. The second-order valence-electron chi connectivity index (χ2n) is 6.68. The van der Waals surface area contributed by atoms with Gasteiger partial charge in [-0.05, 0) is 35.4 Å². The van der Waals surface area contributed by atoms with Crippen LogP contribution in [0.15, 0.2) is 84.9 Å². The molecule has 0 heterocycles. The van der Waals surface area contributed by atoms with Gasteiger partial charge in [-0.3, -0.25) is 0 Å². The van der Waals surface area contributed by atoms with Crippen molar-refractivity contribution in [2.45, 2.75) is 25.0 Å². The van der Waals surface area contributed by atoms with Crippen LogP contribution in [0.4, 0.5) is 0 Å². The Hall–Kier alpha value is -2.62. The Labute approximate surface area is 161 Å². The van der Waals surface area contributed by atoms with Crippen LogP contribution >= 0.6 is 0 Å². The predicted molar refractivity (Wildman–Crippen MR) is 110 cm³/mol. The van der Waals surface area contributed by atoms with Gasteiger partial charge in [0, 0.05) is 12.5 Å². The van der Waals surface area contributed by atoms with Crippen molar-refractivity contribution in [3.63, 3.8) is 0 Å². The van der Waals surface area contributed by atoms with Crippen molar-refractivity contribution in [3.05, 3.63) is 102 Å². The van der Waals surface area contributed by atoms with E-state index in [9.17, 15) is 5.11 Å². The first-order valence-corrected chi connectivity index (χ1v) is 9.38. The van der Waals surface area contributed by atoms with Gasteiger partial charge in [0.05, 0.1) is 7.11 Å². The van der Waals surface area contributed by atoms with Crippen LogP contribution in [0.5, 0.6) is 5.75 Å². The molecule has 0 fully saturated rings. The fraction of sp³-hybridized carbons (Fsp3) is 0.250. The van der Waals surface area contributed by atoms with Gasteiger partial charge in [-0.1, -0.05) is 79.7 Å². The summed E-state index contributed by atoms with van der Waals surface area (Å²) in [4.78, 5) is 0. The Morgan fingerprint density at radius 2 is 1.37 bits per heavy atom. The average Bonchev–Trinajstić information content (AvgIpc) is 2.74. The van der Waals surface area contributed by atoms with Crippen LogP contribution in [0.1, 0.15) is 36.1 Å². The third kappa shape index (κ3) is 4.38. The smallest absolute Gasteiger partial charge is 0.118 e. The number of hydrogen-bond acceptors (Lipinski definition) is 3. The van der Waals surface area contributed by atoms with E-state index < -0.39 is 5.60 Å². The summed E-state index contributed by atoms with van der Waals surface area (Å²) in [5.74, 6) is 0.829. The topological polar surface area (TPSA) is 41.5 Å². The van der Waals surface area contributed by atoms with E-state index in [1.54, 1.807) is 7.11 Å². The van der Waals surface area contributed by atoms with Crippen LogP contribution < -0.4 is 10.1 Å². The second kappa shape index (κ2) is 8.85. The molecule has 3 aromatic rings. The molecule has 2 N–H and O–H groups in total. The minimum absolute atomic E-state index is 0.00585. The van der Waals surface area contributed by atoms with E-state index in [1.165, 1.54) is 0 Å². The molecule has 3 rings (SSSR count). The lowest BCUT2D eigenvalue weighted by atomic mass is 9.80. The summed E-state index contributed by atoms with van der Waals surface area (Å²) in [6, 6.07) is 27.8. The molecule has 0 saturated carbocycles. The summed E-state index contributed by atoms with van der Waals surface area (Å²) in [5.41, 5.74) is 1.83. The van der Waals surface area contributed by atoms with Gasteiger partial charge in [-0.15, -0.1) is 0 Å². The lowest BCUT2D eigenvalue weighted by molar-refractivity contribution is 0.0588. The molecular weight excluding hydrogens is 334 g/mol. The average molecular weight is 361 g/mol. The van der Waals surface area contributed by atoms with Crippen LogP contribution in [0.2, 0.25) is 0 Å². The van der Waals surface area contributed by atoms with E-state index in [-0.39, 0.29) is 6.04 Å². The Bertz CT molecular complexity index is 777. The van der Waals surface area contributed by atoms with Crippen molar-refractivity contribution < 1.29 is 9.84 Å². The first-order valence-electron chi connectivity index (χ1n) is 9.38. The molecule has 27 heavy (non-hydrogen) atoms. The number of methoxy groups -OCH3 is 1. The minimum atomic E-state index is -1.09. The zero-order valence-electron chi connectivity index (χ0n) is 15.9. The summed E-state index contributed by atoms with van der Waals surface area (Å²) in [7, 11) is 1.67. The third-order valence-corrected chi connectivity index (χ3v) is 4.97. The Kier molecular flexibility index (Phi) is 6.28. The molecule has 0 amide bonds. The second-order valence-corrected chi connectivity index (χ2v) is 6.68. The van der Waals surface area contributed by atoms with E-state index in [4.69, 9.17) is 4.74 Å². The van der Waals surface area contributed by atoms with Gasteiger partial charge in [0.15, 0.2) is 0 Å². The van der Waals surface area contributed by atoms with E-state index in [2.05, 4.69) is 24.4 Å². The Morgan fingerprint density at radius 3 is 1.81 bits per heavy atom. The van der Waals surface area contributed by atoms with Crippen molar-refractivity contribution in [2.24, 2.45) is 0 Å². The lowest BCUT2D eigenvalue weighted by Gasteiger charge is -2.34. The SMILES string of the molecule is CCNC(CC(O)(c1ccccc1)c1ccccc1)c1ccc(OC)cc1. The molecule has 0 saturated heterocycles. The molecule has 0 bridgehead atoms. The highest BCUT2D eigenvalue weighted by atomic mass is 16.5. The van der Waals surface area contributed by atoms with E-state index in [1.807, 2.05) is 72.8 Å². The van der Waals surface area contributed by atoms with Crippen LogP contribution in [0.3, 0.4) is 0 Å². The molecule has 0 aliphatic rings. The molecule has 3 nitrogen and oxygen atoms in total. The zero-order chi connectivity index (χ0) is 19.1. The van der Waals surface area contributed by atoms with Gasteiger partial charge >= 0.3 is 0 Å². The van der Waals surface area contributed by atoms with Crippen molar-refractivity contribution in [1.82, 2.24) is 5.32 Å². The van der Waals surface area contributed by atoms with Gasteiger partial charge in [-0.2, -0.15) is 0 Å². The minimum Gasteiger partial charge on any atom is -0.497 e. The Balaban J connectivity index is 2.00. The van der Waals surface area contributed by atoms with Crippen LogP contribution in [0.25, 0.3) is 0 Å². The highest BCUT2D eigenvalue weighted by Gasteiger charge is 2.34. The summed E-state index contributed by atoms with van der Waals surface area (Å²) in [6.07, 6.45) is 0.529. The van der Waals surface area contributed by atoms with Crippen molar-refractivity contribution >= 4 is 0 Å². The number of aliphatic hydroxyl groups is 1. The molecule has 140 valence electrons. The molecule has 1 atom stereocenters. The molecule has 0 aliphatic heterocycles. The zero-order valence-corrected chi connectivity index (χ0v) is 15.9. The van der Waals surface area contributed by atoms with E-state index in [0.29, 0.717) is 6.42 Å². The highest BCUT2D eigenvalue weighted by molar-refractivity contribution is 5.37. The molecule has 0 aromatic heterocycles. The largest absolute Gasteiger partial charge is 0.497 e. The molecule has 3 heteroatoms. The first-order chi connectivity index (χ1) is 13.2. The van der Waals surface area contributed by atoms with Crippen LogP contribution in [-0.4, -0.2) is 18.8 Å². The molecule has 0 spiro atoms. The van der Waals surface area contributed by atoms with E-state index >= 15 is 0 Å². The normalized spacial score (nSPS) is 12.6. The highest BCUT2D eigenvalue weighted by Crippen LogP contribution is 2.38. The monoisotopic (exact) mass is 361 g/mol. The summed E-state index contributed by atoms with van der Waals surface area (Å²) in [5, 5.41) is 15.4. The molecule has 0 aliphatic carbocycles. The maximum atomic E-state index is 11.8. The summed E-state index contributed by atoms with van der Waals surface area (Å²) >= 11 is 0. The number of ether oxygens (including phenoxy) is 1.